The molecular formula is C16H20FNO3S. The fourth-order valence-electron chi connectivity index (χ4n) is 2.77. The average molecular weight is 325 g/mol. The second-order valence-corrected chi connectivity index (χ2v) is 6.63. The molecule has 0 aromatic heterocycles. The Morgan fingerprint density at radius 3 is 2.45 bits per heavy atom. The molecule has 4 nitrogen and oxygen atoms in total. The van der Waals surface area contributed by atoms with Gasteiger partial charge in [-0.15, -0.1) is 11.8 Å². The number of thioether (sulfide) groups is 1. The first-order valence-corrected chi connectivity index (χ1v) is 8.60. The standard InChI is InChI=1S/C16H20FNO3S/c17-13-2-4-14(5-3-13)22-12-15(19)18-8-6-16(7-9-18)20-10-1-11-21-16/h2-5H,1,6-12H2. The zero-order valence-electron chi connectivity index (χ0n) is 12.4. The lowest BCUT2D eigenvalue weighted by molar-refractivity contribution is -0.282. The summed E-state index contributed by atoms with van der Waals surface area (Å²) >= 11 is 1.44. The predicted octanol–water partition coefficient (Wildman–Crippen LogP) is 2.67. The number of piperidine rings is 1. The molecule has 6 heteroatoms. The highest BCUT2D eigenvalue weighted by Crippen LogP contribution is 2.31. The molecule has 120 valence electrons. The maximum Gasteiger partial charge on any atom is 0.232 e. The van der Waals surface area contributed by atoms with E-state index in [9.17, 15) is 9.18 Å². The summed E-state index contributed by atoms with van der Waals surface area (Å²) in [6.07, 6.45) is 2.42. The van der Waals surface area contributed by atoms with Crippen molar-refractivity contribution in [3.05, 3.63) is 30.1 Å². The van der Waals surface area contributed by atoms with E-state index < -0.39 is 5.79 Å². The largest absolute Gasteiger partial charge is 0.350 e. The first kappa shape index (κ1) is 15.8. The third kappa shape index (κ3) is 3.80. The minimum Gasteiger partial charge on any atom is -0.350 e. The van der Waals surface area contributed by atoms with Crippen LogP contribution in [0, 0.1) is 5.82 Å². The van der Waals surface area contributed by atoms with Gasteiger partial charge in [0.05, 0.1) is 19.0 Å². The zero-order chi connectivity index (χ0) is 15.4. The zero-order valence-corrected chi connectivity index (χ0v) is 13.2. The van der Waals surface area contributed by atoms with Crippen LogP contribution in [0.25, 0.3) is 0 Å². The van der Waals surface area contributed by atoms with E-state index in [-0.39, 0.29) is 11.7 Å². The molecule has 2 aliphatic heterocycles. The summed E-state index contributed by atoms with van der Waals surface area (Å²) in [6.45, 7) is 2.83. The lowest BCUT2D eigenvalue weighted by Gasteiger charge is -2.43. The maximum absolute atomic E-state index is 12.8. The normalized spacial score (nSPS) is 21.0. The summed E-state index contributed by atoms with van der Waals surface area (Å²) in [7, 11) is 0. The molecule has 1 amide bonds. The van der Waals surface area contributed by atoms with Crippen LogP contribution in [0.2, 0.25) is 0 Å². The number of rotatable bonds is 3. The van der Waals surface area contributed by atoms with Crippen LogP contribution in [-0.4, -0.2) is 48.7 Å². The molecule has 0 N–H and O–H groups in total. The number of benzene rings is 1. The number of hydrogen-bond acceptors (Lipinski definition) is 4. The predicted molar refractivity (Wildman–Crippen MR) is 82.2 cm³/mol. The molecule has 2 fully saturated rings. The Bertz CT molecular complexity index is 507. The summed E-state index contributed by atoms with van der Waals surface area (Å²) in [5.74, 6) is -0.232. The Morgan fingerprint density at radius 2 is 1.82 bits per heavy atom. The highest BCUT2D eigenvalue weighted by Gasteiger charge is 2.39. The van der Waals surface area contributed by atoms with E-state index >= 15 is 0 Å². The number of hydrogen-bond donors (Lipinski definition) is 0. The van der Waals surface area contributed by atoms with Crippen molar-refractivity contribution in [1.82, 2.24) is 4.90 Å². The van der Waals surface area contributed by atoms with E-state index in [1.54, 1.807) is 12.1 Å². The number of halogens is 1. The number of carbonyl (C=O) groups is 1. The molecule has 0 bridgehead atoms. The van der Waals surface area contributed by atoms with Gasteiger partial charge in [0.15, 0.2) is 5.79 Å². The summed E-state index contributed by atoms with van der Waals surface area (Å²) in [4.78, 5) is 15.0. The van der Waals surface area contributed by atoms with Crippen LogP contribution in [-0.2, 0) is 14.3 Å². The molecule has 2 saturated heterocycles. The highest BCUT2D eigenvalue weighted by atomic mass is 32.2. The van der Waals surface area contributed by atoms with Crippen molar-refractivity contribution in [2.45, 2.75) is 29.9 Å². The monoisotopic (exact) mass is 325 g/mol. The Morgan fingerprint density at radius 1 is 1.18 bits per heavy atom. The molecular weight excluding hydrogens is 305 g/mol. The Balaban J connectivity index is 1.46. The van der Waals surface area contributed by atoms with E-state index in [2.05, 4.69) is 0 Å². The van der Waals surface area contributed by atoms with Crippen LogP contribution in [0.4, 0.5) is 4.39 Å². The topological polar surface area (TPSA) is 38.8 Å². The van der Waals surface area contributed by atoms with Crippen molar-refractivity contribution in [3.63, 3.8) is 0 Å². The second kappa shape index (κ2) is 6.98. The number of nitrogens with zero attached hydrogens (tertiary/aromatic N) is 1. The lowest BCUT2D eigenvalue weighted by Crippen LogP contribution is -2.51. The Hall–Kier alpha value is -1.11. The van der Waals surface area contributed by atoms with Crippen molar-refractivity contribution in [2.75, 3.05) is 32.1 Å². The van der Waals surface area contributed by atoms with Crippen molar-refractivity contribution >= 4 is 17.7 Å². The van der Waals surface area contributed by atoms with Gasteiger partial charge in [-0.05, 0) is 30.7 Å². The van der Waals surface area contributed by atoms with Crippen LogP contribution < -0.4 is 0 Å². The second-order valence-electron chi connectivity index (χ2n) is 5.58. The molecule has 0 radical (unpaired) electrons. The maximum atomic E-state index is 12.8. The molecule has 2 heterocycles. The molecule has 1 aromatic carbocycles. The minimum atomic E-state index is -0.459. The molecule has 0 aliphatic carbocycles. The van der Waals surface area contributed by atoms with E-state index in [4.69, 9.17) is 9.47 Å². The molecule has 1 aromatic rings. The van der Waals surface area contributed by atoms with Crippen LogP contribution in [0.15, 0.2) is 29.2 Å². The van der Waals surface area contributed by atoms with Crippen LogP contribution in [0.3, 0.4) is 0 Å². The van der Waals surface area contributed by atoms with Gasteiger partial charge in [0, 0.05) is 30.8 Å². The van der Waals surface area contributed by atoms with E-state index in [0.717, 1.165) is 37.4 Å². The molecule has 22 heavy (non-hydrogen) atoms. The SMILES string of the molecule is O=C(CSc1ccc(F)cc1)N1CCC2(CC1)OCCCO2. The van der Waals surface area contributed by atoms with Crippen molar-refractivity contribution in [2.24, 2.45) is 0 Å². The van der Waals surface area contributed by atoms with Gasteiger partial charge >= 0.3 is 0 Å². The Kier molecular flexibility index (Phi) is 5.00. The average Bonchev–Trinajstić information content (AvgIpc) is 2.55. The summed E-state index contributed by atoms with van der Waals surface area (Å²) < 4.78 is 24.4. The molecule has 1 spiro atoms. The van der Waals surface area contributed by atoms with Gasteiger partial charge in [0.25, 0.3) is 0 Å². The smallest absolute Gasteiger partial charge is 0.232 e. The van der Waals surface area contributed by atoms with Gasteiger partial charge in [0.1, 0.15) is 5.82 Å². The van der Waals surface area contributed by atoms with Crippen molar-refractivity contribution < 1.29 is 18.7 Å². The van der Waals surface area contributed by atoms with Gasteiger partial charge in [-0.1, -0.05) is 0 Å². The van der Waals surface area contributed by atoms with E-state index in [1.807, 2.05) is 4.90 Å². The fraction of sp³-hybridized carbons (Fsp3) is 0.562. The molecule has 2 aliphatic rings. The fourth-order valence-corrected chi connectivity index (χ4v) is 3.57. The third-order valence-corrected chi connectivity index (χ3v) is 5.07. The van der Waals surface area contributed by atoms with Gasteiger partial charge in [-0.3, -0.25) is 4.79 Å². The van der Waals surface area contributed by atoms with Crippen molar-refractivity contribution in [3.8, 4) is 0 Å². The van der Waals surface area contributed by atoms with Crippen molar-refractivity contribution in [1.29, 1.82) is 0 Å². The number of likely N-dealkylation sites (tertiary alicyclic amines) is 1. The molecule has 0 unspecified atom stereocenters. The molecule has 3 rings (SSSR count). The van der Waals surface area contributed by atoms with Gasteiger partial charge < -0.3 is 14.4 Å². The Labute approximate surface area is 134 Å². The quantitative estimate of drug-likeness (QED) is 0.801. The summed E-state index contributed by atoms with van der Waals surface area (Å²) in [5, 5.41) is 0. The van der Waals surface area contributed by atoms with E-state index in [1.165, 1.54) is 23.9 Å². The summed E-state index contributed by atoms with van der Waals surface area (Å²) in [6, 6.07) is 6.22. The first-order valence-electron chi connectivity index (χ1n) is 7.61. The van der Waals surface area contributed by atoms with Gasteiger partial charge in [-0.2, -0.15) is 0 Å². The third-order valence-electron chi connectivity index (χ3n) is 4.07. The van der Waals surface area contributed by atoms with Crippen LogP contribution in [0.5, 0.6) is 0 Å². The minimum absolute atomic E-state index is 0.111. The highest BCUT2D eigenvalue weighted by molar-refractivity contribution is 8.00. The molecule has 0 saturated carbocycles. The van der Waals surface area contributed by atoms with Gasteiger partial charge in [-0.25, -0.2) is 4.39 Å². The van der Waals surface area contributed by atoms with E-state index in [0.29, 0.717) is 18.8 Å². The number of carbonyl (C=O) groups excluding carboxylic acids is 1. The lowest BCUT2D eigenvalue weighted by atomic mass is 10.0. The number of ether oxygens (including phenoxy) is 2. The van der Waals surface area contributed by atoms with Gasteiger partial charge in [0.2, 0.25) is 5.91 Å². The van der Waals surface area contributed by atoms with Crippen LogP contribution in [0.1, 0.15) is 19.3 Å². The first-order chi connectivity index (χ1) is 10.7. The van der Waals surface area contributed by atoms with Crippen LogP contribution >= 0.6 is 11.8 Å². The number of amides is 1. The summed E-state index contributed by atoms with van der Waals surface area (Å²) in [5.41, 5.74) is 0. The molecule has 0 atom stereocenters.